The molecule has 0 fully saturated rings. The monoisotopic (exact) mass is 545 g/mol. The molecule has 3 unspecified atom stereocenters. The summed E-state index contributed by atoms with van der Waals surface area (Å²) in [4.78, 5) is 0. The second-order valence-corrected chi connectivity index (χ2v) is 12.3. The van der Waals surface area contributed by atoms with Crippen molar-refractivity contribution in [2.45, 2.75) is 44.9 Å². The van der Waals surface area contributed by atoms with Crippen molar-refractivity contribution in [1.82, 2.24) is 0 Å². The van der Waals surface area contributed by atoms with Gasteiger partial charge in [0.05, 0.1) is 0 Å². The SMILES string of the molecule is CCC1CCC2(/C=C/C(C)C1)c1ccccc1-c1c(Nc3ccc(-c4ccc(-c5ccccc5)cc4)cc3)cccc12. The standard InChI is InChI=1S/C41H39N/c1-3-30-25-27-41(26-24-29(2)28-30)37-13-8-7-12-36(37)40-38(41)14-9-15-39(40)42-35-22-20-34(21-23-35)33-18-16-32(17-19-33)31-10-5-4-6-11-31/h4-24,26,29-30,42H,3,25,27-28H2,1-2H3/b26-24+. The highest BCUT2D eigenvalue weighted by atomic mass is 14.9. The third kappa shape index (κ3) is 4.77. The van der Waals surface area contributed by atoms with Crippen LogP contribution in [0.4, 0.5) is 11.4 Å². The lowest BCUT2D eigenvalue weighted by atomic mass is 9.70. The highest BCUT2D eigenvalue weighted by Crippen LogP contribution is 2.56. The molecular formula is C41H39N. The molecule has 0 radical (unpaired) electrons. The lowest BCUT2D eigenvalue weighted by Crippen LogP contribution is -2.26. The maximum absolute atomic E-state index is 3.81. The van der Waals surface area contributed by atoms with Gasteiger partial charge in [-0.25, -0.2) is 0 Å². The second kappa shape index (κ2) is 11.1. The van der Waals surface area contributed by atoms with E-state index in [4.69, 9.17) is 0 Å². The van der Waals surface area contributed by atoms with E-state index in [1.54, 1.807) is 0 Å². The van der Waals surface area contributed by atoms with Crippen molar-refractivity contribution >= 4 is 11.4 Å². The summed E-state index contributed by atoms with van der Waals surface area (Å²) in [7, 11) is 0. The Hall–Kier alpha value is -4.36. The molecule has 0 aromatic heterocycles. The van der Waals surface area contributed by atoms with Crippen LogP contribution in [0.25, 0.3) is 33.4 Å². The van der Waals surface area contributed by atoms with Crippen LogP contribution in [0.1, 0.15) is 50.7 Å². The smallest absolute Gasteiger partial charge is 0.0467 e. The number of nitrogens with one attached hydrogen (secondary N) is 1. The highest BCUT2D eigenvalue weighted by molar-refractivity contribution is 5.92. The molecule has 0 aliphatic heterocycles. The van der Waals surface area contributed by atoms with E-state index in [1.165, 1.54) is 75.9 Å². The van der Waals surface area contributed by atoms with Crippen LogP contribution < -0.4 is 5.32 Å². The molecule has 1 nitrogen and oxygen atoms in total. The van der Waals surface area contributed by atoms with Gasteiger partial charge in [0.1, 0.15) is 0 Å². The van der Waals surface area contributed by atoms with Crippen molar-refractivity contribution in [1.29, 1.82) is 0 Å². The average molecular weight is 546 g/mol. The van der Waals surface area contributed by atoms with Gasteiger partial charge in [-0.15, -0.1) is 0 Å². The van der Waals surface area contributed by atoms with E-state index in [2.05, 4.69) is 153 Å². The number of hydrogen-bond acceptors (Lipinski definition) is 1. The fourth-order valence-corrected chi connectivity index (χ4v) is 7.33. The van der Waals surface area contributed by atoms with Crippen LogP contribution in [-0.2, 0) is 5.41 Å². The van der Waals surface area contributed by atoms with Gasteiger partial charge in [0, 0.05) is 22.4 Å². The van der Waals surface area contributed by atoms with E-state index in [-0.39, 0.29) is 5.41 Å². The van der Waals surface area contributed by atoms with Gasteiger partial charge >= 0.3 is 0 Å². The van der Waals surface area contributed by atoms with Gasteiger partial charge in [-0.2, -0.15) is 0 Å². The molecule has 2 aliphatic rings. The first kappa shape index (κ1) is 26.5. The summed E-state index contributed by atoms with van der Waals surface area (Å²) >= 11 is 0. The van der Waals surface area contributed by atoms with Crippen molar-refractivity contribution in [3.05, 3.63) is 145 Å². The predicted octanol–water partition coefficient (Wildman–Crippen LogP) is 11.4. The first-order chi connectivity index (χ1) is 20.6. The third-order valence-electron chi connectivity index (χ3n) is 9.65. The largest absolute Gasteiger partial charge is 0.355 e. The molecule has 3 atom stereocenters. The van der Waals surface area contributed by atoms with Gasteiger partial charge in [0.15, 0.2) is 0 Å². The van der Waals surface area contributed by atoms with Crippen LogP contribution in [0.5, 0.6) is 0 Å². The normalized spacial score (nSPS) is 21.7. The van der Waals surface area contributed by atoms with Gasteiger partial charge < -0.3 is 5.32 Å². The zero-order valence-electron chi connectivity index (χ0n) is 24.7. The minimum Gasteiger partial charge on any atom is -0.355 e. The van der Waals surface area contributed by atoms with Crippen molar-refractivity contribution < 1.29 is 0 Å². The fourth-order valence-electron chi connectivity index (χ4n) is 7.33. The number of benzene rings is 5. The van der Waals surface area contributed by atoms with E-state index in [0.29, 0.717) is 5.92 Å². The molecule has 1 heteroatoms. The Bertz CT molecular complexity index is 1710. The highest BCUT2D eigenvalue weighted by Gasteiger charge is 2.42. The van der Waals surface area contributed by atoms with Crippen molar-refractivity contribution in [2.24, 2.45) is 11.8 Å². The number of hydrogen-bond donors (Lipinski definition) is 1. The Morgan fingerprint density at radius 2 is 1.29 bits per heavy atom. The quantitative estimate of drug-likeness (QED) is 0.217. The summed E-state index contributed by atoms with van der Waals surface area (Å²) in [6.07, 6.45) is 10.0. The summed E-state index contributed by atoms with van der Waals surface area (Å²) in [5.74, 6) is 1.39. The zero-order valence-corrected chi connectivity index (χ0v) is 24.7. The van der Waals surface area contributed by atoms with Crippen molar-refractivity contribution in [2.75, 3.05) is 5.32 Å². The summed E-state index contributed by atoms with van der Waals surface area (Å²) in [5, 5.41) is 3.81. The van der Waals surface area contributed by atoms with Crippen LogP contribution in [0.2, 0.25) is 0 Å². The Morgan fingerprint density at radius 3 is 2.00 bits per heavy atom. The van der Waals surface area contributed by atoms with Crippen molar-refractivity contribution in [3.8, 4) is 33.4 Å². The van der Waals surface area contributed by atoms with Gasteiger partial charge in [-0.3, -0.25) is 0 Å². The van der Waals surface area contributed by atoms with Crippen LogP contribution in [0, 0.1) is 11.8 Å². The molecule has 208 valence electrons. The molecule has 1 spiro atoms. The molecular weight excluding hydrogens is 506 g/mol. The predicted molar refractivity (Wildman–Crippen MR) is 179 cm³/mol. The van der Waals surface area contributed by atoms with Gasteiger partial charge in [0.25, 0.3) is 0 Å². The minimum atomic E-state index is -0.0541. The maximum Gasteiger partial charge on any atom is 0.0467 e. The van der Waals surface area contributed by atoms with E-state index in [0.717, 1.165) is 11.6 Å². The number of fused-ring (bicyclic) bond motifs is 5. The summed E-state index contributed by atoms with van der Waals surface area (Å²) in [5.41, 5.74) is 12.8. The van der Waals surface area contributed by atoms with Crippen LogP contribution in [0.15, 0.2) is 133 Å². The van der Waals surface area contributed by atoms with E-state index in [1.807, 2.05) is 0 Å². The van der Waals surface area contributed by atoms with E-state index in [9.17, 15) is 0 Å². The lowest BCUT2D eigenvalue weighted by molar-refractivity contribution is 0.350. The third-order valence-corrected chi connectivity index (χ3v) is 9.65. The maximum atomic E-state index is 3.81. The molecule has 42 heavy (non-hydrogen) atoms. The average Bonchev–Trinajstić information content (AvgIpc) is 3.33. The molecule has 0 saturated heterocycles. The van der Waals surface area contributed by atoms with Crippen LogP contribution in [0.3, 0.4) is 0 Å². The summed E-state index contributed by atoms with van der Waals surface area (Å²) in [6, 6.07) is 44.3. The van der Waals surface area contributed by atoms with Crippen LogP contribution >= 0.6 is 0 Å². The molecule has 0 amide bonds. The van der Waals surface area contributed by atoms with Gasteiger partial charge in [-0.05, 0) is 88.2 Å². The van der Waals surface area contributed by atoms with Gasteiger partial charge in [0.2, 0.25) is 0 Å². The molecule has 1 N–H and O–H groups in total. The molecule has 7 rings (SSSR count). The molecule has 2 aliphatic carbocycles. The van der Waals surface area contributed by atoms with Crippen molar-refractivity contribution in [3.63, 3.8) is 0 Å². The lowest BCUT2D eigenvalue weighted by Gasteiger charge is -2.33. The number of anilines is 2. The Balaban J connectivity index is 1.20. The zero-order chi connectivity index (χ0) is 28.5. The van der Waals surface area contributed by atoms with Crippen LogP contribution in [-0.4, -0.2) is 0 Å². The Morgan fingerprint density at radius 1 is 0.667 bits per heavy atom. The first-order valence-electron chi connectivity index (χ1n) is 15.6. The Labute approximate surface area is 251 Å². The minimum absolute atomic E-state index is 0.0541. The topological polar surface area (TPSA) is 12.0 Å². The Kier molecular flexibility index (Phi) is 7.04. The second-order valence-electron chi connectivity index (χ2n) is 12.3. The molecule has 0 bridgehead atoms. The molecule has 0 heterocycles. The van der Waals surface area contributed by atoms with E-state index >= 15 is 0 Å². The van der Waals surface area contributed by atoms with E-state index < -0.39 is 0 Å². The first-order valence-corrected chi connectivity index (χ1v) is 15.6. The molecule has 5 aromatic carbocycles. The molecule has 0 saturated carbocycles. The fraction of sp³-hybridized carbons (Fsp3) is 0.220. The van der Waals surface area contributed by atoms with Gasteiger partial charge in [-0.1, -0.05) is 136 Å². The summed E-state index contributed by atoms with van der Waals surface area (Å²) < 4.78 is 0. The molecule has 5 aromatic rings. The summed E-state index contributed by atoms with van der Waals surface area (Å²) in [6.45, 7) is 4.75. The number of allylic oxidation sites excluding steroid dienone is 2. The number of rotatable bonds is 5.